The van der Waals surface area contributed by atoms with Crippen molar-refractivity contribution in [2.75, 3.05) is 11.9 Å². The van der Waals surface area contributed by atoms with Crippen molar-refractivity contribution in [2.24, 2.45) is 0 Å². The summed E-state index contributed by atoms with van der Waals surface area (Å²) in [7, 11) is 0. The highest BCUT2D eigenvalue weighted by Gasteiger charge is 2.35. The standard InChI is InChI=1S/C22H18F3N5O/c1-2-31-17-10-8-16(9-11-17)28-20-13-21(27-14-26-20)30-18(15-6-4-3-5-7-15)12-19(29-30)22(23,24)25/h3-14H,2H2,1H3,(H,26,27,28). The summed E-state index contributed by atoms with van der Waals surface area (Å²) < 4.78 is 46.6. The van der Waals surface area contributed by atoms with Crippen LogP contribution in [0.1, 0.15) is 12.6 Å². The molecule has 0 saturated heterocycles. The van der Waals surface area contributed by atoms with E-state index >= 15 is 0 Å². The second-order valence-electron chi connectivity index (χ2n) is 6.53. The third kappa shape index (κ3) is 4.66. The van der Waals surface area contributed by atoms with Crippen molar-refractivity contribution in [3.63, 3.8) is 0 Å². The SMILES string of the molecule is CCOc1ccc(Nc2cc(-n3nc(C(F)(F)F)cc3-c3ccccc3)ncn2)cc1. The lowest BCUT2D eigenvalue weighted by Crippen LogP contribution is -2.08. The number of hydrogen-bond donors (Lipinski definition) is 1. The lowest BCUT2D eigenvalue weighted by atomic mass is 10.1. The molecule has 2 heterocycles. The average molecular weight is 425 g/mol. The smallest absolute Gasteiger partial charge is 0.435 e. The molecule has 0 fully saturated rings. The Labute approximate surface area is 176 Å². The molecule has 0 amide bonds. The molecule has 158 valence electrons. The number of nitrogens with zero attached hydrogens (tertiary/aromatic N) is 4. The number of alkyl halides is 3. The van der Waals surface area contributed by atoms with Gasteiger partial charge < -0.3 is 10.1 Å². The van der Waals surface area contributed by atoms with Gasteiger partial charge in [0.05, 0.1) is 12.3 Å². The molecular formula is C22H18F3N5O. The molecule has 0 aliphatic carbocycles. The number of nitrogens with one attached hydrogen (secondary N) is 1. The Morgan fingerprint density at radius 3 is 2.39 bits per heavy atom. The summed E-state index contributed by atoms with van der Waals surface area (Å²) in [5.74, 6) is 1.36. The highest BCUT2D eigenvalue weighted by atomic mass is 19.4. The van der Waals surface area contributed by atoms with Crippen LogP contribution >= 0.6 is 0 Å². The number of benzene rings is 2. The summed E-state index contributed by atoms with van der Waals surface area (Å²) in [5, 5.41) is 6.88. The van der Waals surface area contributed by atoms with Crippen LogP contribution in [-0.2, 0) is 6.18 Å². The Balaban J connectivity index is 1.69. The van der Waals surface area contributed by atoms with E-state index in [9.17, 15) is 13.2 Å². The van der Waals surface area contributed by atoms with Crippen LogP contribution in [0.15, 0.2) is 73.1 Å². The molecule has 9 heteroatoms. The Morgan fingerprint density at radius 1 is 0.968 bits per heavy atom. The van der Waals surface area contributed by atoms with Crippen molar-refractivity contribution >= 4 is 11.5 Å². The van der Waals surface area contributed by atoms with Gasteiger partial charge >= 0.3 is 6.18 Å². The lowest BCUT2D eigenvalue weighted by Gasteiger charge is -2.10. The molecule has 0 saturated carbocycles. The molecule has 0 unspecified atom stereocenters. The maximum absolute atomic E-state index is 13.3. The topological polar surface area (TPSA) is 64.9 Å². The molecule has 0 radical (unpaired) electrons. The Hall–Kier alpha value is -3.88. The quantitative estimate of drug-likeness (QED) is 0.443. The molecule has 2 aromatic carbocycles. The van der Waals surface area contributed by atoms with Gasteiger partial charge in [-0.15, -0.1) is 0 Å². The number of ether oxygens (including phenoxy) is 1. The minimum absolute atomic E-state index is 0.206. The van der Waals surface area contributed by atoms with Gasteiger partial charge in [-0.2, -0.15) is 18.3 Å². The molecule has 4 aromatic rings. The van der Waals surface area contributed by atoms with E-state index in [2.05, 4.69) is 20.4 Å². The van der Waals surface area contributed by atoms with Gasteiger partial charge in [0.1, 0.15) is 17.9 Å². The van der Waals surface area contributed by atoms with Crippen LogP contribution < -0.4 is 10.1 Å². The molecule has 1 N–H and O–H groups in total. The summed E-state index contributed by atoms with van der Waals surface area (Å²) in [6.07, 6.45) is -3.30. The Kier molecular flexibility index (Phi) is 5.57. The minimum atomic E-state index is -4.58. The summed E-state index contributed by atoms with van der Waals surface area (Å²) in [5.41, 5.74) is 0.614. The Morgan fingerprint density at radius 2 is 1.71 bits per heavy atom. The van der Waals surface area contributed by atoms with E-state index in [0.717, 1.165) is 17.5 Å². The normalized spacial score (nSPS) is 11.4. The third-order valence-corrected chi connectivity index (χ3v) is 4.38. The molecule has 0 spiro atoms. The van der Waals surface area contributed by atoms with E-state index < -0.39 is 11.9 Å². The predicted molar refractivity (Wildman–Crippen MR) is 110 cm³/mol. The van der Waals surface area contributed by atoms with E-state index in [4.69, 9.17) is 4.74 Å². The number of halogens is 3. The zero-order chi connectivity index (χ0) is 21.8. The first-order chi connectivity index (χ1) is 14.9. The van der Waals surface area contributed by atoms with Gasteiger partial charge in [-0.3, -0.25) is 0 Å². The van der Waals surface area contributed by atoms with Crippen LogP contribution in [0, 0.1) is 0 Å². The van der Waals surface area contributed by atoms with Gasteiger partial charge in [0.2, 0.25) is 0 Å². The van der Waals surface area contributed by atoms with Crippen molar-refractivity contribution in [1.82, 2.24) is 19.7 Å². The monoisotopic (exact) mass is 425 g/mol. The summed E-state index contributed by atoms with van der Waals surface area (Å²) >= 11 is 0. The fourth-order valence-electron chi connectivity index (χ4n) is 2.99. The van der Waals surface area contributed by atoms with Crippen molar-refractivity contribution in [1.29, 1.82) is 0 Å². The first-order valence-corrected chi connectivity index (χ1v) is 9.49. The predicted octanol–water partition coefficient (Wildman–Crippen LogP) is 5.49. The second-order valence-corrected chi connectivity index (χ2v) is 6.53. The minimum Gasteiger partial charge on any atom is -0.494 e. The van der Waals surface area contributed by atoms with Crippen molar-refractivity contribution < 1.29 is 17.9 Å². The number of anilines is 2. The van der Waals surface area contributed by atoms with Crippen LogP contribution in [0.4, 0.5) is 24.7 Å². The fraction of sp³-hybridized carbons (Fsp3) is 0.136. The van der Waals surface area contributed by atoms with E-state index in [-0.39, 0.29) is 11.5 Å². The lowest BCUT2D eigenvalue weighted by molar-refractivity contribution is -0.141. The molecule has 31 heavy (non-hydrogen) atoms. The Bertz CT molecular complexity index is 1160. The maximum Gasteiger partial charge on any atom is 0.435 e. The first kappa shape index (κ1) is 20.4. The van der Waals surface area contributed by atoms with Gasteiger partial charge in [0, 0.05) is 17.3 Å². The molecule has 4 rings (SSSR count). The zero-order valence-electron chi connectivity index (χ0n) is 16.5. The molecule has 0 aliphatic rings. The van der Waals surface area contributed by atoms with E-state index in [1.54, 1.807) is 30.3 Å². The number of rotatable bonds is 6. The van der Waals surface area contributed by atoms with Crippen LogP contribution in [0.25, 0.3) is 17.1 Å². The van der Waals surface area contributed by atoms with Crippen molar-refractivity contribution in [3.05, 3.63) is 78.8 Å². The summed E-state index contributed by atoms with van der Waals surface area (Å²) in [6.45, 7) is 2.47. The van der Waals surface area contributed by atoms with Gasteiger partial charge in [-0.05, 0) is 37.3 Å². The highest BCUT2D eigenvalue weighted by molar-refractivity contribution is 5.63. The fourth-order valence-corrected chi connectivity index (χ4v) is 2.99. The molecule has 6 nitrogen and oxygen atoms in total. The van der Waals surface area contributed by atoms with Gasteiger partial charge in [-0.25, -0.2) is 14.6 Å². The summed E-state index contributed by atoms with van der Waals surface area (Å²) in [6, 6.07) is 18.5. The maximum atomic E-state index is 13.3. The van der Waals surface area contributed by atoms with E-state index in [1.165, 1.54) is 17.1 Å². The second kappa shape index (κ2) is 8.47. The molecule has 2 aromatic heterocycles. The summed E-state index contributed by atoms with van der Waals surface area (Å²) in [4.78, 5) is 8.29. The van der Waals surface area contributed by atoms with E-state index in [0.29, 0.717) is 18.0 Å². The van der Waals surface area contributed by atoms with Crippen molar-refractivity contribution in [2.45, 2.75) is 13.1 Å². The molecular weight excluding hydrogens is 407 g/mol. The van der Waals surface area contributed by atoms with Crippen LogP contribution in [0.2, 0.25) is 0 Å². The molecule has 0 atom stereocenters. The van der Waals surface area contributed by atoms with Crippen LogP contribution in [-0.4, -0.2) is 26.4 Å². The average Bonchev–Trinajstić information content (AvgIpc) is 3.22. The van der Waals surface area contributed by atoms with Gasteiger partial charge in [0.25, 0.3) is 0 Å². The van der Waals surface area contributed by atoms with Gasteiger partial charge in [-0.1, -0.05) is 30.3 Å². The van der Waals surface area contributed by atoms with Gasteiger partial charge in [0.15, 0.2) is 11.5 Å². The third-order valence-electron chi connectivity index (χ3n) is 4.38. The van der Waals surface area contributed by atoms with Crippen molar-refractivity contribution in [3.8, 4) is 22.8 Å². The van der Waals surface area contributed by atoms with Crippen LogP contribution in [0.3, 0.4) is 0 Å². The molecule has 0 aliphatic heterocycles. The van der Waals surface area contributed by atoms with Crippen LogP contribution in [0.5, 0.6) is 5.75 Å². The van der Waals surface area contributed by atoms with E-state index in [1.807, 2.05) is 31.2 Å². The highest BCUT2D eigenvalue weighted by Crippen LogP contribution is 2.33. The zero-order valence-corrected chi connectivity index (χ0v) is 16.5. The number of hydrogen-bond acceptors (Lipinski definition) is 5. The number of aromatic nitrogens is 4. The first-order valence-electron chi connectivity index (χ1n) is 9.49. The largest absolute Gasteiger partial charge is 0.494 e. The molecule has 0 bridgehead atoms.